The summed E-state index contributed by atoms with van der Waals surface area (Å²) in [5, 5.41) is 0. The van der Waals surface area contributed by atoms with Crippen molar-refractivity contribution in [1.82, 2.24) is 4.57 Å². The molecule has 0 fully saturated rings. The zero-order chi connectivity index (χ0) is 15.9. The largest absolute Gasteiger partial charge is 0.493 e. The van der Waals surface area contributed by atoms with Crippen molar-refractivity contribution in [1.29, 1.82) is 0 Å². The lowest BCUT2D eigenvalue weighted by Gasteiger charge is -2.16. The highest BCUT2D eigenvalue weighted by atomic mass is 16.5. The molecule has 4 nitrogen and oxygen atoms in total. The van der Waals surface area contributed by atoms with Gasteiger partial charge in [-0.2, -0.15) is 0 Å². The zero-order valence-electron chi connectivity index (χ0n) is 13.0. The monoisotopic (exact) mass is 299 g/mol. The molecule has 2 rings (SSSR count). The predicted molar refractivity (Wildman–Crippen MR) is 87.6 cm³/mol. The summed E-state index contributed by atoms with van der Waals surface area (Å²) in [5.74, 6) is 0.757. The number of hydrogen-bond donors (Lipinski definition) is 0. The van der Waals surface area contributed by atoms with E-state index in [0.29, 0.717) is 19.4 Å². The lowest BCUT2D eigenvalue weighted by Crippen LogP contribution is -2.25. The van der Waals surface area contributed by atoms with E-state index in [9.17, 15) is 9.59 Å². The van der Waals surface area contributed by atoms with Crippen molar-refractivity contribution in [2.24, 2.45) is 0 Å². The standard InChI is InChI=1S/C18H21NO3/c1-3-11-19-16(10-9-14(13-20)18(19)21)15-7-5-6-8-17(15)22-12-4-2/h5-10,13H,3-4,11-12H2,1-2H3. The Labute approximate surface area is 130 Å². The van der Waals surface area contributed by atoms with Gasteiger partial charge in [0, 0.05) is 12.1 Å². The Morgan fingerprint density at radius 1 is 1.09 bits per heavy atom. The van der Waals surface area contributed by atoms with Gasteiger partial charge in [-0.3, -0.25) is 9.59 Å². The van der Waals surface area contributed by atoms with Crippen LogP contribution in [0, 0.1) is 0 Å². The zero-order valence-corrected chi connectivity index (χ0v) is 13.0. The van der Waals surface area contributed by atoms with Crippen LogP contribution in [0.1, 0.15) is 37.0 Å². The normalized spacial score (nSPS) is 10.5. The van der Waals surface area contributed by atoms with Gasteiger partial charge in [-0.1, -0.05) is 26.0 Å². The van der Waals surface area contributed by atoms with Crippen LogP contribution in [0.4, 0.5) is 0 Å². The molecule has 0 radical (unpaired) electrons. The lowest BCUT2D eigenvalue weighted by atomic mass is 10.1. The van der Waals surface area contributed by atoms with Gasteiger partial charge in [0.25, 0.3) is 5.56 Å². The molecule has 1 heterocycles. The van der Waals surface area contributed by atoms with Crippen LogP contribution in [0.2, 0.25) is 0 Å². The Balaban J connectivity index is 2.59. The second-order valence-corrected chi connectivity index (χ2v) is 5.09. The van der Waals surface area contributed by atoms with Crippen LogP contribution in [0.25, 0.3) is 11.3 Å². The summed E-state index contributed by atoms with van der Waals surface area (Å²) in [4.78, 5) is 23.4. The lowest BCUT2D eigenvalue weighted by molar-refractivity contribution is 0.112. The van der Waals surface area contributed by atoms with E-state index < -0.39 is 0 Å². The average Bonchev–Trinajstić information content (AvgIpc) is 2.55. The fraction of sp³-hybridized carbons (Fsp3) is 0.333. The Hall–Kier alpha value is -2.36. The first-order valence-corrected chi connectivity index (χ1v) is 7.64. The maximum atomic E-state index is 12.4. The summed E-state index contributed by atoms with van der Waals surface area (Å²) in [6.07, 6.45) is 2.34. The van der Waals surface area contributed by atoms with Crippen molar-refractivity contribution >= 4 is 6.29 Å². The van der Waals surface area contributed by atoms with Gasteiger partial charge >= 0.3 is 0 Å². The maximum absolute atomic E-state index is 12.4. The molecule has 0 saturated heterocycles. The van der Waals surface area contributed by atoms with Crippen LogP contribution in [-0.4, -0.2) is 17.5 Å². The van der Waals surface area contributed by atoms with E-state index in [2.05, 4.69) is 6.92 Å². The first-order chi connectivity index (χ1) is 10.7. The van der Waals surface area contributed by atoms with Gasteiger partial charge in [-0.05, 0) is 37.1 Å². The number of nitrogens with zero attached hydrogens (tertiary/aromatic N) is 1. The van der Waals surface area contributed by atoms with Crippen molar-refractivity contribution in [2.45, 2.75) is 33.2 Å². The highest BCUT2D eigenvalue weighted by Gasteiger charge is 2.13. The third-order valence-corrected chi connectivity index (χ3v) is 3.40. The first-order valence-electron chi connectivity index (χ1n) is 7.64. The van der Waals surface area contributed by atoms with Crippen molar-refractivity contribution in [3.05, 3.63) is 52.3 Å². The molecule has 0 aliphatic rings. The highest BCUT2D eigenvalue weighted by Crippen LogP contribution is 2.29. The summed E-state index contributed by atoms with van der Waals surface area (Å²) < 4.78 is 7.44. The molecule has 1 aromatic heterocycles. The summed E-state index contributed by atoms with van der Waals surface area (Å²) in [5.41, 5.74) is 1.59. The van der Waals surface area contributed by atoms with Gasteiger partial charge in [-0.15, -0.1) is 0 Å². The van der Waals surface area contributed by atoms with Crippen molar-refractivity contribution in [3.63, 3.8) is 0 Å². The number of rotatable bonds is 7. The first kappa shape index (κ1) is 16.0. The number of ether oxygens (including phenoxy) is 1. The Morgan fingerprint density at radius 2 is 1.86 bits per heavy atom. The predicted octanol–water partition coefficient (Wildman–Crippen LogP) is 3.53. The van der Waals surface area contributed by atoms with Gasteiger partial charge in [0.05, 0.1) is 17.9 Å². The molecule has 0 aliphatic heterocycles. The second kappa shape index (κ2) is 7.59. The van der Waals surface area contributed by atoms with E-state index in [1.807, 2.05) is 37.3 Å². The molecule has 0 aliphatic carbocycles. The molecule has 0 saturated carbocycles. The number of benzene rings is 1. The third kappa shape index (κ3) is 3.27. The van der Waals surface area contributed by atoms with Gasteiger partial charge in [0.1, 0.15) is 5.75 Å². The summed E-state index contributed by atoms with van der Waals surface area (Å²) >= 11 is 0. The molecule has 116 valence electrons. The van der Waals surface area contributed by atoms with Crippen molar-refractivity contribution in [2.75, 3.05) is 6.61 Å². The van der Waals surface area contributed by atoms with E-state index in [-0.39, 0.29) is 11.1 Å². The quantitative estimate of drug-likeness (QED) is 0.735. The highest BCUT2D eigenvalue weighted by molar-refractivity contribution is 5.76. The maximum Gasteiger partial charge on any atom is 0.261 e. The molecule has 22 heavy (non-hydrogen) atoms. The summed E-state index contributed by atoms with van der Waals surface area (Å²) in [7, 11) is 0. The topological polar surface area (TPSA) is 48.3 Å². The van der Waals surface area contributed by atoms with Crippen LogP contribution in [-0.2, 0) is 6.54 Å². The molecule has 0 amide bonds. The summed E-state index contributed by atoms with van der Waals surface area (Å²) in [6.45, 7) is 5.25. The van der Waals surface area contributed by atoms with Gasteiger partial charge in [-0.25, -0.2) is 0 Å². The van der Waals surface area contributed by atoms with Crippen molar-refractivity contribution in [3.8, 4) is 17.0 Å². The number of carbonyl (C=O) groups excluding carboxylic acids is 1. The molecule has 0 atom stereocenters. The van der Waals surface area contributed by atoms with Crippen LogP contribution in [0.3, 0.4) is 0 Å². The fourth-order valence-corrected chi connectivity index (χ4v) is 2.38. The smallest absolute Gasteiger partial charge is 0.261 e. The average molecular weight is 299 g/mol. The number of pyridine rings is 1. The number of para-hydroxylation sites is 1. The number of hydrogen-bond acceptors (Lipinski definition) is 3. The third-order valence-electron chi connectivity index (χ3n) is 3.40. The van der Waals surface area contributed by atoms with E-state index in [4.69, 9.17) is 4.74 Å². The molecule has 0 N–H and O–H groups in total. The Morgan fingerprint density at radius 3 is 2.55 bits per heavy atom. The van der Waals surface area contributed by atoms with Gasteiger partial charge < -0.3 is 9.30 Å². The van der Waals surface area contributed by atoms with E-state index in [1.165, 1.54) is 0 Å². The van der Waals surface area contributed by atoms with E-state index in [1.54, 1.807) is 10.6 Å². The number of carbonyl (C=O) groups is 1. The Kier molecular flexibility index (Phi) is 5.53. The molecule has 0 bridgehead atoms. The van der Waals surface area contributed by atoms with E-state index >= 15 is 0 Å². The molecule has 4 heteroatoms. The molecular weight excluding hydrogens is 278 g/mol. The Bertz CT molecular complexity index is 704. The van der Waals surface area contributed by atoms with Crippen molar-refractivity contribution < 1.29 is 9.53 Å². The molecular formula is C18H21NO3. The minimum absolute atomic E-state index is 0.184. The summed E-state index contributed by atoms with van der Waals surface area (Å²) in [6, 6.07) is 11.1. The molecule has 0 unspecified atom stereocenters. The SMILES string of the molecule is CCCOc1ccccc1-c1ccc(C=O)c(=O)n1CCC. The molecule has 2 aromatic rings. The molecule has 1 aromatic carbocycles. The number of aldehydes is 1. The number of aromatic nitrogens is 1. The van der Waals surface area contributed by atoms with Crippen LogP contribution >= 0.6 is 0 Å². The van der Waals surface area contributed by atoms with Gasteiger partial charge in [0.2, 0.25) is 0 Å². The van der Waals surface area contributed by atoms with Crippen LogP contribution < -0.4 is 10.3 Å². The van der Waals surface area contributed by atoms with Gasteiger partial charge in [0.15, 0.2) is 6.29 Å². The van der Waals surface area contributed by atoms with Crippen LogP contribution in [0.5, 0.6) is 5.75 Å². The fourth-order valence-electron chi connectivity index (χ4n) is 2.38. The molecule has 0 spiro atoms. The van der Waals surface area contributed by atoms with E-state index in [0.717, 1.165) is 29.8 Å². The second-order valence-electron chi connectivity index (χ2n) is 5.09. The minimum Gasteiger partial charge on any atom is -0.493 e. The van der Waals surface area contributed by atoms with Crippen LogP contribution in [0.15, 0.2) is 41.2 Å². The minimum atomic E-state index is -0.250.